The summed E-state index contributed by atoms with van der Waals surface area (Å²) in [5.41, 5.74) is 0.416. The number of aliphatic hydroxyl groups is 4. The quantitative estimate of drug-likeness (QED) is 0.452. The average molecular weight is 314 g/mol. The van der Waals surface area contributed by atoms with Crippen molar-refractivity contribution in [3.63, 3.8) is 0 Å². The molecule has 1 aliphatic heterocycles. The Balaban J connectivity index is 2.06. The number of ether oxygens (including phenoxy) is 2. The minimum Gasteiger partial charge on any atom is -0.478 e. The van der Waals surface area contributed by atoms with E-state index in [4.69, 9.17) is 19.7 Å². The lowest BCUT2D eigenvalue weighted by Crippen LogP contribution is -2.59. The van der Waals surface area contributed by atoms with E-state index in [2.05, 4.69) is 0 Å². The smallest absolute Gasteiger partial charge is 0.336 e. The Morgan fingerprint density at radius 3 is 2.45 bits per heavy atom. The summed E-state index contributed by atoms with van der Waals surface area (Å²) in [6, 6.07) is 6.17. The van der Waals surface area contributed by atoms with Crippen molar-refractivity contribution >= 4 is 5.97 Å². The molecule has 1 aromatic rings. The topological polar surface area (TPSA) is 137 Å². The van der Waals surface area contributed by atoms with E-state index in [1.807, 2.05) is 0 Å². The van der Waals surface area contributed by atoms with Gasteiger partial charge >= 0.3 is 5.97 Å². The second kappa shape index (κ2) is 7.14. The van der Waals surface area contributed by atoms with Crippen LogP contribution in [0.4, 0.5) is 0 Å². The Labute approximate surface area is 126 Å². The highest BCUT2D eigenvalue weighted by molar-refractivity contribution is 5.89. The fourth-order valence-corrected chi connectivity index (χ4v) is 2.23. The van der Waals surface area contributed by atoms with Crippen molar-refractivity contribution in [1.29, 1.82) is 0 Å². The summed E-state index contributed by atoms with van der Waals surface area (Å²) in [5.74, 6) is -1.12. The highest BCUT2D eigenvalue weighted by Gasteiger charge is 2.44. The molecule has 5 N–H and O–H groups in total. The third kappa shape index (κ3) is 3.43. The van der Waals surface area contributed by atoms with Crippen LogP contribution in [0.3, 0.4) is 0 Å². The lowest BCUT2D eigenvalue weighted by Gasteiger charge is -2.39. The summed E-state index contributed by atoms with van der Waals surface area (Å²) in [5, 5.41) is 47.3. The standard InChI is InChI=1S/C14H18O8/c15-5-9-10(16)11(17)12(18)14(22-9)21-6-7-3-1-2-4-8(7)13(19)20/h1-4,9-12,14-18H,5-6H2,(H,19,20)/t9-,10-,11+,12+,14?/m1/s1. The molecular weight excluding hydrogens is 296 g/mol. The van der Waals surface area contributed by atoms with E-state index in [-0.39, 0.29) is 12.2 Å². The highest BCUT2D eigenvalue weighted by Crippen LogP contribution is 2.23. The van der Waals surface area contributed by atoms with Gasteiger partial charge in [0.25, 0.3) is 0 Å². The number of carbonyl (C=O) groups is 1. The monoisotopic (exact) mass is 314 g/mol. The zero-order chi connectivity index (χ0) is 16.3. The Bertz CT molecular complexity index is 517. The number of carboxylic acids is 1. The predicted octanol–water partition coefficient (Wildman–Crippen LogP) is -1.30. The molecule has 1 unspecified atom stereocenters. The Hall–Kier alpha value is -1.55. The number of rotatable bonds is 5. The van der Waals surface area contributed by atoms with E-state index in [1.54, 1.807) is 18.2 Å². The number of carboxylic acid groups (broad SMARTS) is 1. The summed E-state index contributed by atoms with van der Waals surface area (Å²) < 4.78 is 10.5. The Kier molecular flexibility index (Phi) is 5.46. The summed E-state index contributed by atoms with van der Waals surface area (Å²) in [4.78, 5) is 11.1. The summed E-state index contributed by atoms with van der Waals surface area (Å²) in [6.45, 7) is -0.734. The van der Waals surface area contributed by atoms with Crippen LogP contribution in [0, 0.1) is 0 Å². The van der Waals surface area contributed by atoms with Crippen molar-refractivity contribution in [1.82, 2.24) is 0 Å². The molecule has 0 aromatic heterocycles. The van der Waals surface area contributed by atoms with Gasteiger partial charge < -0.3 is 35.0 Å². The largest absolute Gasteiger partial charge is 0.478 e. The SMILES string of the molecule is O=C(O)c1ccccc1COC1O[C@H](CO)[C@@H](O)[C@H](O)[C@@H]1O. The minimum atomic E-state index is -1.54. The predicted molar refractivity (Wildman–Crippen MR) is 72.0 cm³/mol. The molecular formula is C14H18O8. The zero-order valence-electron chi connectivity index (χ0n) is 11.6. The molecule has 0 saturated carbocycles. The molecule has 0 bridgehead atoms. The van der Waals surface area contributed by atoms with Crippen LogP contribution >= 0.6 is 0 Å². The van der Waals surface area contributed by atoms with Crippen LogP contribution in [-0.4, -0.2) is 68.8 Å². The molecule has 1 fully saturated rings. The van der Waals surface area contributed by atoms with E-state index >= 15 is 0 Å². The van der Waals surface area contributed by atoms with Crippen molar-refractivity contribution in [3.8, 4) is 0 Å². The first-order valence-electron chi connectivity index (χ1n) is 6.69. The lowest BCUT2D eigenvalue weighted by atomic mass is 9.99. The number of hydrogen-bond acceptors (Lipinski definition) is 7. The van der Waals surface area contributed by atoms with Gasteiger partial charge in [-0.05, 0) is 11.6 Å². The molecule has 2 rings (SSSR count). The third-order valence-electron chi connectivity index (χ3n) is 3.50. The molecule has 1 saturated heterocycles. The van der Waals surface area contributed by atoms with Gasteiger partial charge in [-0.15, -0.1) is 0 Å². The van der Waals surface area contributed by atoms with E-state index in [0.717, 1.165) is 0 Å². The summed E-state index contributed by atoms with van der Waals surface area (Å²) in [7, 11) is 0. The van der Waals surface area contributed by atoms with E-state index in [0.29, 0.717) is 5.56 Å². The Morgan fingerprint density at radius 1 is 1.14 bits per heavy atom. The first kappa shape index (κ1) is 16.8. The maximum Gasteiger partial charge on any atom is 0.336 e. The van der Waals surface area contributed by atoms with Gasteiger partial charge in [0.05, 0.1) is 18.8 Å². The van der Waals surface area contributed by atoms with Gasteiger partial charge in [0.2, 0.25) is 0 Å². The third-order valence-corrected chi connectivity index (χ3v) is 3.50. The number of hydrogen-bond donors (Lipinski definition) is 5. The van der Waals surface area contributed by atoms with Crippen LogP contribution in [0.2, 0.25) is 0 Å². The van der Waals surface area contributed by atoms with Crippen molar-refractivity contribution in [2.24, 2.45) is 0 Å². The van der Waals surface area contributed by atoms with E-state index < -0.39 is 43.3 Å². The van der Waals surface area contributed by atoms with E-state index in [9.17, 15) is 20.1 Å². The second-order valence-electron chi connectivity index (χ2n) is 4.97. The number of benzene rings is 1. The molecule has 8 heteroatoms. The maximum atomic E-state index is 11.1. The minimum absolute atomic E-state index is 0.0482. The normalized spacial score (nSPS) is 31.9. The molecule has 1 heterocycles. The summed E-state index contributed by atoms with van der Waals surface area (Å²) in [6.07, 6.45) is -6.89. The van der Waals surface area contributed by atoms with Crippen LogP contribution < -0.4 is 0 Å². The van der Waals surface area contributed by atoms with Gasteiger partial charge in [0.15, 0.2) is 6.29 Å². The number of aromatic carboxylic acids is 1. The summed E-state index contributed by atoms with van der Waals surface area (Å²) >= 11 is 0. The fraction of sp³-hybridized carbons (Fsp3) is 0.500. The second-order valence-corrected chi connectivity index (χ2v) is 4.97. The van der Waals surface area contributed by atoms with Crippen LogP contribution in [0.1, 0.15) is 15.9 Å². The van der Waals surface area contributed by atoms with Crippen molar-refractivity contribution in [2.75, 3.05) is 6.61 Å². The van der Waals surface area contributed by atoms with Gasteiger partial charge in [-0.3, -0.25) is 0 Å². The van der Waals surface area contributed by atoms with Crippen LogP contribution in [0.5, 0.6) is 0 Å². The van der Waals surface area contributed by atoms with E-state index in [1.165, 1.54) is 6.07 Å². The van der Waals surface area contributed by atoms with Gasteiger partial charge in [-0.2, -0.15) is 0 Å². The fourth-order valence-electron chi connectivity index (χ4n) is 2.23. The molecule has 0 amide bonds. The zero-order valence-corrected chi connectivity index (χ0v) is 11.6. The van der Waals surface area contributed by atoms with Crippen LogP contribution in [0.15, 0.2) is 24.3 Å². The number of aliphatic hydroxyl groups excluding tert-OH is 4. The van der Waals surface area contributed by atoms with Crippen LogP contribution in [-0.2, 0) is 16.1 Å². The molecule has 122 valence electrons. The highest BCUT2D eigenvalue weighted by atomic mass is 16.7. The van der Waals surface area contributed by atoms with Crippen molar-refractivity contribution in [2.45, 2.75) is 37.3 Å². The molecule has 0 spiro atoms. The first-order chi connectivity index (χ1) is 10.5. The lowest BCUT2D eigenvalue weighted by molar-refractivity contribution is -0.304. The maximum absolute atomic E-state index is 11.1. The average Bonchev–Trinajstić information content (AvgIpc) is 2.52. The Morgan fingerprint density at radius 2 is 1.82 bits per heavy atom. The molecule has 8 nitrogen and oxygen atoms in total. The first-order valence-corrected chi connectivity index (χ1v) is 6.69. The molecule has 1 aliphatic rings. The molecule has 5 atom stereocenters. The molecule has 0 aliphatic carbocycles. The molecule has 0 radical (unpaired) electrons. The molecule has 22 heavy (non-hydrogen) atoms. The van der Waals surface area contributed by atoms with Gasteiger partial charge in [-0.1, -0.05) is 18.2 Å². The van der Waals surface area contributed by atoms with Gasteiger partial charge in [-0.25, -0.2) is 4.79 Å². The van der Waals surface area contributed by atoms with Gasteiger partial charge in [0.1, 0.15) is 24.4 Å². The van der Waals surface area contributed by atoms with Crippen LogP contribution in [0.25, 0.3) is 0 Å². The molecule has 1 aromatic carbocycles. The van der Waals surface area contributed by atoms with Crippen molar-refractivity contribution in [3.05, 3.63) is 35.4 Å². The van der Waals surface area contributed by atoms with Crippen molar-refractivity contribution < 1.29 is 39.8 Å². The van der Waals surface area contributed by atoms with Gasteiger partial charge in [0, 0.05) is 0 Å².